The first kappa shape index (κ1) is 14.2. The minimum atomic E-state index is -0.215. The van der Waals surface area contributed by atoms with Crippen molar-refractivity contribution in [3.63, 3.8) is 0 Å². The standard InChI is InChI=1S/C17H17FN2S/c1-11-8-13(18)6-7-14(11)16(20-19)9-12-10-21-17-5-3-2-4-15(12)17/h2-8,10,16,20H,9,19H2,1H3. The molecule has 1 aromatic heterocycles. The Labute approximate surface area is 127 Å². The average molecular weight is 300 g/mol. The zero-order valence-corrected chi connectivity index (χ0v) is 12.6. The zero-order valence-electron chi connectivity index (χ0n) is 11.8. The smallest absolute Gasteiger partial charge is 0.123 e. The van der Waals surface area contributed by atoms with E-state index in [1.54, 1.807) is 17.4 Å². The third-order valence-electron chi connectivity index (χ3n) is 3.79. The highest BCUT2D eigenvalue weighted by atomic mass is 32.1. The van der Waals surface area contributed by atoms with Crippen LogP contribution in [0.1, 0.15) is 22.7 Å². The molecule has 3 rings (SSSR count). The van der Waals surface area contributed by atoms with E-state index >= 15 is 0 Å². The fourth-order valence-corrected chi connectivity index (χ4v) is 3.68. The van der Waals surface area contributed by atoms with Gasteiger partial charge in [-0.15, -0.1) is 11.3 Å². The largest absolute Gasteiger partial charge is 0.271 e. The van der Waals surface area contributed by atoms with E-state index in [-0.39, 0.29) is 11.9 Å². The number of benzene rings is 2. The number of thiophene rings is 1. The number of nitrogens with one attached hydrogen (secondary N) is 1. The number of hydrogen-bond acceptors (Lipinski definition) is 3. The summed E-state index contributed by atoms with van der Waals surface area (Å²) in [6.07, 6.45) is 0.785. The van der Waals surface area contributed by atoms with Crippen LogP contribution in [-0.2, 0) is 6.42 Å². The van der Waals surface area contributed by atoms with Crippen LogP contribution in [0.25, 0.3) is 10.1 Å². The highest BCUT2D eigenvalue weighted by Crippen LogP contribution is 2.30. The van der Waals surface area contributed by atoms with E-state index < -0.39 is 0 Å². The number of nitrogens with two attached hydrogens (primary N) is 1. The number of hydrogen-bond donors (Lipinski definition) is 2. The van der Waals surface area contributed by atoms with Gasteiger partial charge in [0.15, 0.2) is 0 Å². The number of halogens is 1. The summed E-state index contributed by atoms with van der Waals surface area (Å²) in [7, 11) is 0. The quantitative estimate of drug-likeness (QED) is 0.562. The molecule has 0 aliphatic carbocycles. The molecule has 0 bridgehead atoms. The Balaban J connectivity index is 1.94. The Morgan fingerprint density at radius 3 is 2.81 bits per heavy atom. The summed E-state index contributed by atoms with van der Waals surface area (Å²) in [5.74, 6) is 5.52. The second-order valence-electron chi connectivity index (χ2n) is 5.18. The summed E-state index contributed by atoms with van der Waals surface area (Å²) in [6, 6.07) is 13.2. The van der Waals surface area contributed by atoms with Gasteiger partial charge in [-0.3, -0.25) is 11.3 Å². The molecule has 0 fully saturated rings. The van der Waals surface area contributed by atoms with E-state index in [1.165, 1.54) is 21.7 Å². The molecular formula is C17H17FN2S. The molecule has 0 aliphatic rings. The number of aryl methyl sites for hydroxylation is 1. The van der Waals surface area contributed by atoms with Crippen molar-refractivity contribution in [2.75, 3.05) is 0 Å². The molecule has 2 aromatic carbocycles. The predicted octanol–water partition coefficient (Wildman–Crippen LogP) is 4.10. The summed E-state index contributed by atoms with van der Waals surface area (Å²) in [5.41, 5.74) is 6.08. The van der Waals surface area contributed by atoms with Gasteiger partial charge < -0.3 is 0 Å². The lowest BCUT2D eigenvalue weighted by Gasteiger charge is -2.18. The Bertz CT molecular complexity index is 766. The second-order valence-corrected chi connectivity index (χ2v) is 6.09. The molecule has 0 spiro atoms. The normalized spacial score (nSPS) is 12.7. The number of rotatable bonds is 4. The Morgan fingerprint density at radius 2 is 2.05 bits per heavy atom. The van der Waals surface area contributed by atoms with Crippen molar-refractivity contribution in [1.82, 2.24) is 5.43 Å². The summed E-state index contributed by atoms with van der Waals surface area (Å²) >= 11 is 1.74. The van der Waals surface area contributed by atoms with Gasteiger partial charge in [0.05, 0.1) is 6.04 Å². The van der Waals surface area contributed by atoms with Crippen molar-refractivity contribution in [1.29, 1.82) is 0 Å². The van der Waals surface area contributed by atoms with Crippen molar-refractivity contribution in [3.8, 4) is 0 Å². The first-order chi connectivity index (χ1) is 10.2. The molecule has 4 heteroatoms. The van der Waals surface area contributed by atoms with Crippen molar-refractivity contribution in [2.24, 2.45) is 5.84 Å². The summed E-state index contributed by atoms with van der Waals surface area (Å²) in [5, 5.41) is 3.44. The summed E-state index contributed by atoms with van der Waals surface area (Å²) in [4.78, 5) is 0. The molecule has 108 valence electrons. The lowest BCUT2D eigenvalue weighted by Crippen LogP contribution is -2.30. The molecule has 2 nitrogen and oxygen atoms in total. The van der Waals surface area contributed by atoms with Crippen LogP contribution in [-0.4, -0.2) is 0 Å². The monoisotopic (exact) mass is 300 g/mol. The molecular weight excluding hydrogens is 283 g/mol. The Hall–Kier alpha value is -1.75. The minimum Gasteiger partial charge on any atom is -0.271 e. The highest BCUT2D eigenvalue weighted by molar-refractivity contribution is 7.17. The summed E-state index contributed by atoms with van der Waals surface area (Å²) < 4.78 is 14.5. The SMILES string of the molecule is Cc1cc(F)ccc1C(Cc1csc2ccccc12)NN. The molecule has 0 amide bonds. The molecule has 3 N–H and O–H groups in total. The Morgan fingerprint density at radius 1 is 1.24 bits per heavy atom. The minimum absolute atomic E-state index is 0.0244. The maximum atomic E-state index is 13.3. The maximum Gasteiger partial charge on any atom is 0.123 e. The molecule has 21 heavy (non-hydrogen) atoms. The molecule has 0 aliphatic heterocycles. The molecule has 0 saturated carbocycles. The van der Waals surface area contributed by atoms with Crippen molar-refractivity contribution in [2.45, 2.75) is 19.4 Å². The van der Waals surface area contributed by atoms with Gasteiger partial charge in [-0.2, -0.15) is 0 Å². The van der Waals surface area contributed by atoms with Gasteiger partial charge in [0, 0.05) is 4.70 Å². The fraction of sp³-hybridized carbons (Fsp3) is 0.176. The van der Waals surface area contributed by atoms with E-state index in [9.17, 15) is 4.39 Å². The molecule has 3 aromatic rings. The van der Waals surface area contributed by atoms with Gasteiger partial charge in [-0.05, 0) is 59.0 Å². The number of hydrazine groups is 1. The van der Waals surface area contributed by atoms with E-state index in [4.69, 9.17) is 5.84 Å². The van der Waals surface area contributed by atoms with Gasteiger partial charge in [0.25, 0.3) is 0 Å². The van der Waals surface area contributed by atoms with Crippen LogP contribution in [0.5, 0.6) is 0 Å². The number of fused-ring (bicyclic) bond motifs is 1. The van der Waals surface area contributed by atoms with Gasteiger partial charge in [0.2, 0.25) is 0 Å². The molecule has 0 saturated heterocycles. The average Bonchev–Trinajstić information content (AvgIpc) is 2.89. The third-order valence-corrected chi connectivity index (χ3v) is 4.81. The lowest BCUT2D eigenvalue weighted by atomic mass is 9.95. The molecule has 1 atom stereocenters. The topological polar surface area (TPSA) is 38.0 Å². The molecule has 1 heterocycles. The van der Waals surface area contributed by atoms with Gasteiger partial charge in [-0.25, -0.2) is 4.39 Å². The van der Waals surface area contributed by atoms with E-state index in [0.717, 1.165) is 17.5 Å². The first-order valence-corrected chi connectivity index (χ1v) is 7.74. The van der Waals surface area contributed by atoms with Crippen molar-refractivity contribution >= 4 is 21.4 Å². The fourth-order valence-electron chi connectivity index (χ4n) is 2.70. The highest BCUT2D eigenvalue weighted by Gasteiger charge is 2.15. The van der Waals surface area contributed by atoms with Crippen LogP contribution in [0, 0.1) is 12.7 Å². The van der Waals surface area contributed by atoms with Crippen LogP contribution in [0.15, 0.2) is 47.8 Å². The van der Waals surface area contributed by atoms with Crippen molar-refractivity contribution < 1.29 is 4.39 Å². The second kappa shape index (κ2) is 5.93. The first-order valence-electron chi connectivity index (χ1n) is 6.86. The van der Waals surface area contributed by atoms with Crippen LogP contribution in [0.4, 0.5) is 4.39 Å². The van der Waals surface area contributed by atoms with E-state index in [1.807, 2.05) is 25.1 Å². The summed E-state index contributed by atoms with van der Waals surface area (Å²) in [6.45, 7) is 1.91. The van der Waals surface area contributed by atoms with E-state index in [2.05, 4.69) is 22.9 Å². The van der Waals surface area contributed by atoms with Gasteiger partial charge in [-0.1, -0.05) is 24.3 Å². The Kier molecular flexibility index (Phi) is 4.01. The predicted molar refractivity (Wildman–Crippen MR) is 86.7 cm³/mol. The van der Waals surface area contributed by atoms with Crippen LogP contribution in [0.3, 0.4) is 0 Å². The zero-order chi connectivity index (χ0) is 14.8. The van der Waals surface area contributed by atoms with Gasteiger partial charge in [0.1, 0.15) is 5.82 Å². The van der Waals surface area contributed by atoms with Gasteiger partial charge >= 0.3 is 0 Å². The van der Waals surface area contributed by atoms with Crippen LogP contribution >= 0.6 is 11.3 Å². The molecule has 0 radical (unpaired) electrons. The third kappa shape index (κ3) is 2.83. The van der Waals surface area contributed by atoms with Crippen LogP contribution in [0.2, 0.25) is 0 Å². The van der Waals surface area contributed by atoms with E-state index in [0.29, 0.717) is 0 Å². The van der Waals surface area contributed by atoms with Crippen molar-refractivity contribution in [3.05, 3.63) is 70.4 Å². The molecule has 1 unspecified atom stereocenters. The lowest BCUT2D eigenvalue weighted by molar-refractivity contribution is 0.548. The van der Waals surface area contributed by atoms with Crippen LogP contribution < -0.4 is 11.3 Å². The maximum absolute atomic E-state index is 13.3.